The molecule has 140 valence electrons. The Kier molecular flexibility index (Phi) is 4.80. The summed E-state index contributed by atoms with van der Waals surface area (Å²) in [5.74, 6) is 0. The summed E-state index contributed by atoms with van der Waals surface area (Å²) < 4.78 is 67.2. The number of aryl methyl sites for hydroxylation is 2. The van der Waals surface area contributed by atoms with E-state index in [1.54, 1.807) is 6.92 Å². The van der Waals surface area contributed by atoms with Crippen LogP contribution in [0, 0.1) is 6.92 Å². The highest BCUT2D eigenvalue weighted by atomic mass is 32.2. The van der Waals surface area contributed by atoms with E-state index in [1.807, 2.05) is 6.92 Å². The third kappa shape index (κ3) is 3.60. The van der Waals surface area contributed by atoms with Crippen molar-refractivity contribution in [3.63, 3.8) is 0 Å². The van der Waals surface area contributed by atoms with E-state index in [1.165, 1.54) is 28.0 Å². The van der Waals surface area contributed by atoms with Crippen molar-refractivity contribution >= 4 is 26.3 Å². The fourth-order valence-electron chi connectivity index (χ4n) is 2.43. The van der Waals surface area contributed by atoms with Crippen LogP contribution >= 0.6 is 11.3 Å². The molecule has 1 N–H and O–H groups in total. The lowest BCUT2D eigenvalue weighted by atomic mass is 10.1. The highest BCUT2D eigenvalue weighted by Gasteiger charge is 2.30. The minimum atomic E-state index is -4.49. The standard InChI is InChI=1S/C15H15F3N4O2S2/c1-3-12-21-22-13(9(2)20-14(22)25-12)26(23,24)19-8-10-5-4-6-11(7-10)15(16,17)18/h4-7,19H,3,8H2,1-2H3. The summed E-state index contributed by atoms with van der Waals surface area (Å²) in [6, 6.07) is 4.51. The quantitative estimate of drug-likeness (QED) is 0.709. The normalized spacial score (nSPS) is 12.8. The van der Waals surface area contributed by atoms with Crippen molar-refractivity contribution in [2.45, 2.75) is 38.0 Å². The number of hydrogen-bond donors (Lipinski definition) is 1. The summed E-state index contributed by atoms with van der Waals surface area (Å²) in [4.78, 5) is 4.66. The largest absolute Gasteiger partial charge is 0.416 e. The van der Waals surface area contributed by atoms with E-state index in [2.05, 4.69) is 14.8 Å². The molecule has 0 spiro atoms. The first-order chi connectivity index (χ1) is 12.1. The molecule has 0 unspecified atom stereocenters. The minimum Gasteiger partial charge on any atom is -0.221 e. The smallest absolute Gasteiger partial charge is 0.221 e. The van der Waals surface area contributed by atoms with Gasteiger partial charge < -0.3 is 0 Å². The lowest BCUT2D eigenvalue weighted by Crippen LogP contribution is -2.25. The van der Waals surface area contributed by atoms with Gasteiger partial charge >= 0.3 is 6.18 Å². The fraction of sp³-hybridized carbons (Fsp3) is 0.333. The van der Waals surface area contributed by atoms with Crippen molar-refractivity contribution in [2.75, 3.05) is 0 Å². The molecule has 3 aromatic rings. The van der Waals surface area contributed by atoms with Crippen LogP contribution in [0.25, 0.3) is 4.96 Å². The first-order valence-electron chi connectivity index (χ1n) is 7.62. The average molecular weight is 404 g/mol. The maximum absolute atomic E-state index is 12.8. The van der Waals surface area contributed by atoms with Gasteiger partial charge in [0.05, 0.1) is 11.3 Å². The first kappa shape index (κ1) is 18.8. The third-order valence-electron chi connectivity index (χ3n) is 3.64. The average Bonchev–Trinajstić information content (AvgIpc) is 3.08. The van der Waals surface area contributed by atoms with Gasteiger partial charge in [0.15, 0.2) is 5.03 Å². The summed E-state index contributed by atoms with van der Waals surface area (Å²) in [5, 5.41) is 4.86. The van der Waals surface area contributed by atoms with Crippen LogP contribution in [0.2, 0.25) is 0 Å². The van der Waals surface area contributed by atoms with Gasteiger partial charge in [-0.3, -0.25) is 0 Å². The van der Waals surface area contributed by atoms with E-state index in [0.29, 0.717) is 11.4 Å². The summed E-state index contributed by atoms with van der Waals surface area (Å²) in [5.41, 5.74) is -0.346. The van der Waals surface area contributed by atoms with Crippen LogP contribution in [0.5, 0.6) is 0 Å². The number of halogens is 3. The van der Waals surface area contributed by atoms with Crippen molar-refractivity contribution in [3.05, 3.63) is 46.1 Å². The molecule has 0 saturated heterocycles. The molecule has 0 aliphatic heterocycles. The number of imidazole rings is 1. The van der Waals surface area contributed by atoms with Crippen LogP contribution in [0.1, 0.15) is 28.8 Å². The molecule has 3 rings (SSSR count). The van der Waals surface area contributed by atoms with E-state index < -0.39 is 21.8 Å². The predicted molar refractivity (Wildman–Crippen MR) is 90.4 cm³/mol. The molecule has 6 nitrogen and oxygen atoms in total. The van der Waals surface area contributed by atoms with Gasteiger partial charge in [-0.25, -0.2) is 18.1 Å². The number of sulfonamides is 1. The lowest BCUT2D eigenvalue weighted by molar-refractivity contribution is -0.137. The molecule has 0 fully saturated rings. The van der Waals surface area contributed by atoms with Crippen LogP contribution in [0.15, 0.2) is 29.3 Å². The van der Waals surface area contributed by atoms with E-state index in [9.17, 15) is 21.6 Å². The summed E-state index contributed by atoms with van der Waals surface area (Å²) >= 11 is 1.29. The lowest BCUT2D eigenvalue weighted by Gasteiger charge is -2.10. The van der Waals surface area contributed by atoms with E-state index in [-0.39, 0.29) is 22.8 Å². The zero-order chi connectivity index (χ0) is 19.1. The van der Waals surface area contributed by atoms with E-state index in [4.69, 9.17) is 0 Å². The van der Waals surface area contributed by atoms with Gasteiger partial charge in [0.25, 0.3) is 10.0 Å². The fourth-order valence-corrected chi connectivity index (χ4v) is 4.65. The van der Waals surface area contributed by atoms with Crippen LogP contribution in [-0.2, 0) is 29.2 Å². The number of alkyl halides is 3. The Morgan fingerprint density at radius 1 is 1.31 bits per heavy atom. The molecule has 0 saturated carbocycles. The number of nitrogens with one attached hydrogen (secondary N) is 1. The van der Waals surface area contributed by atoms with Crippen molar-refractivity contribution in [1.82, 2.24) is 19.3 Å². The Morgan fingerprint density at radius 3 is 2.69 bits per heavy atom. The summed E-state index contributed by atoms with van der Waals surface area (Å²) in [6.45, 7) is 3.17. The molecular formula is C15H15F3N4O2S2. The molecule has 0 bridgehead atoms. The van der Waals surface area contributed by atoms with Gasteiger partial charge in [-0.15, -0.1) is 0 Å². The van der Waals surface area contributed by atoms with Crippen molar-refractivity contribution in [2.24, 2.45) is 0 Å². The molecule has 0 aliphatic carbocycles. The van der Waals surface area contributed by atoms with Crippen LogP contribution in [0.4, 0.5) is 13.2 Å². The molecule has 2 heterocycles. The number of aromatic nitrogens is 3. The number of fused-ring (bicyclic) bond motifs is 1. The molecule has 0 radical (unpaired) electrons. The van der Waals surface area contributed by atoms with Crippen molar-refractivity contribution < 1.29 is 21.6 Å². The molecule has 0 atom stereocenters. The van der Waals surface area contributed by atoms with Gasteiger partial charge in [0.1, 0.15) is 5.01 Å². The second-order valence-electron chi connectivity index (χ2n) is 5.57. The predicted octanol–water partition coefficient (Wildman–Crippen LogP) is 3.16. The Hall–Kier alpha value is -1.98. The van der Waals surface area contributed by atoms with Gasteiger partial charge in [-0.05, 0) is 25.0 Å². The maximum atomic E-state index is 12.8. The number of rotatable bonds is 5. The van der Waals surface area contributed by atoms with Crippen LogP contribution in [0.3, 0.4) is 0 Å². The number of nitrogens with zero attached hydrogens (tertiary/aromatic N) is 3. The van der Waals surface area contributed by atoms with E-state index >= 15 is 0 Å². The second kappa shape index (κ2) is 6.63. The van der Waals surface area contributed by atoms with Crippen molar-refractivity contribution in [1.29, 1.82) is 0 Å². The van der Waals surface area contributed by atoms with Gasteiger partial charge in [-0.1, -0.05) is 36.5 Å². The Balaban J connectivity index is 1.88. The maximum Gasteiger partial charge on any atom is 0.416 e. The van der Waals surface area contributed by atoms with Gasteiger partial charge in [0, 0.05) is 6.54 Å². The van der Waals surface area contributed by atoms with Crippen LogP contribution < -0.4 is 4.72 Å². The highest BCUT2D eigenvalue weighted by Crippen LogP contribution is 2.29. The molecule has 0 aliphatic rings. The molecular weight excluding hydrogens is 389 g/mol. The second-order valence-corrected chi connectivity index (χ2v) is 8.29. The molecule has 1 aromatic carbocycles. The summed E-state index contributed by atoms with van der Waals surface area (Å²) in [6.07, 6.45) is -3.84. The van der Waals surface area contributed by atoms with Gasteiger partial charge in [0.2, 0.25) is 4.96 Å². The zero-order valence-corrected chi connectivity index (χ0v) is 15.5. The van der Waals surface area contributed by atoms with E-state index in [0.717, 1.165) is 17.1 Å². The zero-order valence-electron chi connectivity index (χ0n) is 13.8. The highest BCUT2D eigenvalue weighted by molar-refractivity contribution is 7.89. The number of benzene rings is 1. The Labute approximate surface area is 151 Å². The molecule has 0 amide bonds. The summed E-state index contributed by atoms with van der Waals surface area (Å²) in [7, 11) is -4.00. The SMILES string of the molecule is CCc1nn2c(S(=O)(=O)NCc3cccc(C(F)(F)F)c3)c(C)nc2s1. The number of hydrogen-bond acceptors (Lipinski definition) is 5. The molecule has 2 aromatic heterocycles. The topological polar surface area (TPSA) is 76.4 Å². The Morgan fingerprint density at radius 2 is 2.04 bits per heavy atom. The minimum absolute atomic E-state index is 0.101. The Bertz CT molecular complexity index is 1050. The monoisotopic (exact) mass is 404 g/mol. The molecule has 11 heteroatoms. The van der Waals surface area contributed by atoms with Gasteiger partial charge in [-0.2, -0.15) is 22.8 Å². The third-order valence-corrected chi connectivity index (χ3v) is 6.20. The van der Waals surface area contributed by atoms with Crippen LogP contribution in [-0.4, -0.2) is 23.0 Å². The molecule has 26 heavy (non-hydrogen) atoms. The first-order valence-corrected chi connectivity index (χ1v) is 9.92. The van der Waals surface area contributed by atoms with Crippen molar-refractivity contribution in [3.8, 4) is 0 Å².